The van der Waals surface area contributed by atoms with Crippen LogP contribution in [-0.4, -0.2) is 23.4 Å². The Hall–Kier alpha value is -2.64. The molecule has 9 heteroatoms. The number of esters is 1. The van der Waals surface area contributed by atoms with E-state index in [1.807, 2.05) is 0 Å². The third kappa shape index (κ3) is 4.46. The summed E-state index contributed by atoms with van der Waals surface area (Å²) in [5.74, 6) is -1.29. The predicted molar refractivity (Wildman–Crippen MR) is 93.5 cm³/mol. The van der Waals surface area contributed by atoms with Crippen LogP contribution in [0.2, 0.25) is 10.0 Å². The molecule has 0 aliphatic carbocycles. The third-order valence-electron chi connectivity index (χ3n) is 3.12. The highest BCUT2D eigenvalue weighted by molar-refractivity contribution is 6.35. The van der Waals surface area contributed by atoms with Crippen molar-refractivity contribution in [3.63, 3.8) is 0 Å². The Bertz CT molecular complexity index is 854. The number of nitrogens with zero attached hydrogens (tertiary/aromatic N) is 1. The Kier molecular flexibility index (Phi) is 5.95. The van der Waals surface area contributed by atoms with Gasteiger partial charge in [0.25, 0.3) is 11.6 Å². The van der Waals surface area contributed by atoms with Crippen LogP contribution in [0.4, 0.5) is 11.4 Å². The predicted octanol–water partition coefficient (Wildman–Crippen LogP) is 4.33. The van der Waals surface area contributed by atoms with Crippen LogP contribution in [-0.2, 0) is 4.74 Å². The number of amides is 1. The molecule has 0 fully saturated rings. The first kappa shape index (κ1) is 18.7. The fourth-order valence-electron chi connectivity index (χ4n) is 1.97. The molecule has 2 rings (SSSR count). The van der Waals surface area contributed by atoms with Crippen molar-refractivity contribution in [3.05, 3.63) is 67.7 Å². The van der Waals surface area contributed by atoms with E-state index >= 15 is 0 Å². The number of non-ortho nitro benzene ring substituents is 1. The van der Waals surface area contributed by atoms with Crippen molar-refractivity contribution in [1.29, 1.82) is 0 Å². The number of benzene rings is 2. The number of carbonyl (C=O) groups is 2. The minimum Gasteiger partial charge on any atom is -0.462 e. The Morgan fingerprint density at radius 1 is 1.12 bits per heavy atom. The van der Waals surface area contributed by atoms with Gasteiger partial charge in [0.1, 0.15) is 0 Å². The number of carbonyl (C=O) groups excluding carboxylic acids is 2. The first-order valence-electron chi connectivity index (χ1n) is 7.05. The van der Waals surface area contributed by atoms with Gasteiger partial charge in [-0.25, -0.2) is 4.79 Å². The van der Waals surface area contributed by atoms with Crippen molar-refractivity contribution < 1.29 is 19.2 Å². The Morgan fingerprint density at radius 3 is 2.40 bits per heavy atom. The molecule has 0 aliphatic rings. The molecule has 2 aromatic rings. The molecule has 1 N–H and O–H groups in total. The van der Waals surface area contributed by atoms with Crippen molar-refractivity contribution in [2.45, 2.75) is 6.92 Å². The number of hydrogen-bond acceptors (Lipinski definition) is 5. The zero-order valence-corrected chi connectivity index (χ0v) is 14.4. The monoisotopic (exact) mass is 382 g/mol. The highest BCUT2D eigenvalue weighted by atomic mass is 35.5. The summed E-state index contributed by atoms with van der Waals surface area (Å²) in [6.07, 6.45) is 0. The van der Waals surface area contributed by atoms with Crippen LogP contribution >= 0.6 is 23.2 Å². The molecule has 0 heterocycles. The van der Waals surface area contributed by atoms with Crippen molar-refractivity contribution in [1.82, 2.24) is 0 Å². The lowest BCUT2D eigenvalue weighted by Gasteiger charge is -2.09. The number of nitro groups is 1. The Labute approximate surface area is 152 Å². The lowest BCUT2D eigenvalue weighted by atomic mass is 10.1. The second kappa shape index (κ2) is 7.96. The summed E-state index contributed by atoms with van der Waals surface area (Å²) < 4.78 is 4.88. The number of anilines is 1. The number of rotatable bonds is 5. The van der Waals surface area contributed by atoms with Crippen molar-refractivity contribution in [2.75, 3.05) is 11.9 Å². The summed E-state index contributed by atoms with van der Waals surface area (Å²) >= 11 is 11.9. The standard InChI is InChI=1S/C16H12Cl2N2O5/c1-2-25-16(22)12-7-9(3-5-14(12)18)19-15(21)11-8-10(20(23)24)4-6-13(11)17/h3-8H,2H2,1H3,(H,19,21). The number of nitro benzene ring substituents is 1. The molecule has 25 heavy (non-hydrogen) atoms. The summed E-state index contributed by atoms with van der Waals surface area (Å²) in [6, 6.07) is 7.79. The molecule has 0 bridgehead atoms. The second-order valence-corrected chi connectivity index (χ2v) is 5.60. The number of hydrogen-bond donors (Lipinski definition) is 1. The smallest absolute Gasteiger partial charge is 0.339 e. The summed E-state index contributed by atoms with van der Waals surface area (Å²) in [5.41, 5.74) is 0.0212. The van der Waals surface area contributed by atoms with Gasteiger partial charge in [-0.1, -0.05) is 23.2 Å². The lowest BCUT2D eigenvalue weighted by Crippen LogP contribution is -2.14. The number of halogens is 2. The first-order valence-corrected chi connectivity index (χ1v) is 7.81. The maximum absolute atomic E-state index is 12.3. The molecule has 0 aliphatic heterocycles. The van der Waals surface area contributed by atoms with E-state index in [-0.39, 0.29) is 39.2 Å². The molecular weight excluding hydrogens is 371 g/mol. The molecule has 0 spiro atoms. The largest absolute Gasteiger partial charge is 0.462 e. The maximum Gasteiger partial charge on any atom is 0.339 e. The van der Waals surface area contributed by atoms with Gasteiger partial charge in [-0.05, 0) is 31.2 Å². The topological polar surface area (TPSA) is 98.5 Å². The van der Waals surface area contributed by atoms with Crippen molar-refractivity contribution in [2.24, 2.45) is 0 Å². The summed E-state index contributed by atoms with van der Waals surface area (Å²) in [5, 5.41) is 13.6. The minimum atomic E-state index is -0.661. The van der Waals surface area contributed by atoms with Gasteiger partial charge >= 0.3 is 5.97 Å². The van der Waals surface area contributed by atoms with Crippen LogP contribution < -0.4 is 5.32 Å². The third-order valence-corrected chi connectivity index (χ3v) is 3.78. The number of ether oxygens (including phenoxy) is 1. The van der Waals surface area contributed by atoms with Gasteiger partial charge in [0.15, 0.2) is 0 Å². The number of nitrogens with one attached hydrogen (secondary N) is 1. The van der Waals surface area contributed by atoms with Crippen LogP contribution in [0, 0.1) is 10.1 Å². The summed E-state index contributed by atoms with van der Waals surface area (Å²) in [7, 11) is 0. The fourth-order valence-corrected chi connectivity index (χ4v) is 2.37. The van der Waals surface area contributed by atoms with Gasteiger partial charge < -0.3 is 10.1 Å². The quantitative estimate of drug-likeness (QED) is 0.471. The molecule has 0 saturated carbocycles. The van der Waals surface area contributed by atoms with E-state index in [0.717, 1.165) is 6.07 Å². The normalized spacial score (nSPS) is 10.2. The second-order valence-electron chi connectivity index (χ2n) is 4.79. The van der Waals surface area contributed by atoms with E-state index in [1.165, 1.54) is 30.3 Å². The lowest BCUT2D eigenvalue weighted by molar-refractivity contribution is -0.384. The molecule has 0 atom stereocenters. The van der Waals surface area contributed by atoms with Gasteiger partial charge in [0.05, 0.1) is 32.7 Å². The molecule has 130 valence electrons. The molecular formula is C16H12Cl2N2O5. The van der Waals surface area contributed by atoms with Crippen LogP contribution in [0.25, 0.3) is 0 Å². The molecule has 0 radical (unpaired) electrons. The summed E-state index contributed by atoms with van der Waals surface area (Å²) in [4.78, 5) is 34.4. The van der Waals surface area contributed by atoms with E-state index in [9.17, 15) is 19.7 Å². The SMILES string of the molecule is CCOC(=O)c1cc(NC(=O)c2cc([N+](=O)[O-])ccc2Cl)ccc1Cl. The molecule has 0 saturated heterocycles. The molecule has 7 nitrogen and oxygen atoms in total. The Balaban J connectivity index is 2.29. The zero-order valence-electron chi connectivity index (χ0n) is 12.9. The van der Waals surface area contributed by atoms with Gasteiger partial charge in [-0.2, -0.15) is 0 Å². The van der Waals surface area contributed by atoms with E-state index in [1.54, 1.807) is 6.92 Å². The zero-order chi connectivity index (χ0) is 18.6. The highest BCUT2D eigenvalue weighted by Crippen LogP contribution is 2.25. The molecule has 0 aromatic heterocycles. The average Bonchev–Trinajstić information content (AvgIpc) is 2.56. The first-order chi connectivity index (χ1) is 11.8. The van der Waals surface area contributed by atoms with Gasteiger partial charge in [-0.3, -0.25) is 14.9 Å². The van der Waals surface area contributed by atoms with Crippen LogP contribution in [0.1, 0.15) is 27.6 Å². The molecule has 2 aromatic carbocycles. The molecule has 0 unspecified atom stereocenters. The van der Waals surface area contributed by atoms with Gasteiger partial charge in [-0.15, -0.1) is 0 Å². The summed E-state index contributed by atoms with van der Waals surface area (Å²) in [6.45, 7) is 1.83. The fraction of sp³-hybridized carbons (Fsp3) is 0.125. The van der Waals surface area contributed by atoms with Gasteiger partial charge in [0, 0.05) is 17.8 Å². The van der Waals surface area contributed by atoms with Crippen molar-refractivity contribution >= 4 is 46.5 Å². The van der Waals surface area contributed by atoms with Gasteiger partial charge in [0.2, 0.25) is 0 Å². The molecule has 1 amide bonds. The van der Waals surface area contributed by atoms with E-state index in [2.05, 4.69) is 5.32 Å². The van der Waals surface area contributed by atoms with E-state index in [4.69, 9.17) is 27.9 Å². The van der Waals surface area contributed by atoms with E-state index < -0.39 is 16.8 Å². The Morgan fingerprint density at radius 2 is 1.76 bits per heavy atom. The van der Waals surface area contributed by atoms with Crippen molar-refractivity contribution in [3.8, 4) is 0 Å². The van der Waals surface area contributed by atoms with Crippen LogP contribution in [0.3, 0.4) is 0 Å². The van der Waals surface area contributed by atoms with Crippen LogP contribution in [0.5, 0.6) is 0 Å². The van der Waals surface area contributed by atoms with Crippen LogP contribution in [0.15, 0.2) is 36.4 Å². The minimum absolute atomic E-state index is 0.0580. The maximum atomic E-state index is 12.3. The van der Waals surface area contributed by atoms with E-state index in [0.29, 0.717) is 0 Å². The highest BCUT2D eigenvalue weighted by Gasteiger charge is 2.18. The average molecular weight is 383 g/mol.